The summed E-state index contributed by atoms with van der Waals surface area (Å²) in [5.41, 5.74) is 9.12. The second kappa shape index (κ2) is 4.60. The van der Waals surface area contributed by atoms with Gasteiger partial charge in [-0.1, -0.05) is 12.1 Å². The smallest absolute Gasteiger partial charge is 0.230 e. The molecule has 0 unspecified atom stereocenters. The summed E-state index contributed by atoms with van der Waals surface area (Å²) in [5.74, 6) is 1.41. The zero-order chi connectivity index (χ0) is 13.3. The third kappa shape index (κ3) is 2.40. The highest BCUT2D eigenvalue weighted by Crippen LogP contribution is 2.20. The Bertz CT molecular complexity index is 578. The fourth-order valence-electron chi connectivity index (χ4n) is 1.59. The van der Waals surface area contributed by atoms with Gasteiger partial charge in [0.05, 0.1) is 0 Å². The summed E-state index contributed by atoms with van der Waals surface area (Å²) in [6, 6.07) is 6.11. The predicted molar refractivity (Wildman–Crippen MR) is 73.5 cm³/mol. The number of rotatable bonds is 2. The van der Waals surface area contributed by atoms with Crippen molar-refractivity contribution in [3.63, 3.8) is 0 Å². The first kappa shape index (κ1) is 12.3. The number of nitrogens with two attached hydrogens (primary N) is 1. The van der Waals surface area contributed by atoms with Crippen molar-refractivity contribution in [2.24, 2.45) is 0 Å². The monoisotopic (exact) mass is 243 g/mol. The number of nitrogen functional groups attached to an aromatic ring is 1. The number of aromatic nitrogens is 3. The summed E-state index contributed by atoms with van der Waals surface area (Å²) < 4.78 is 0. The Balaban J connectivity index is 2.53. The van der Waals surface area contributed by atoms with Gasteiger partial charge in [-0.05, 0) is 31.0 Å². The van der Waals surface area contributed by atoms with Gasteiger partial charge < -0.3 is 10.6 Å². The van der Waals surface area contributed by atoms with Crippen molar-refractivity contribution in [1.82, 2.24) is 15.0 Å². The molecule has 0 saturated carbocycles. The molecule has 18 heavy (non-hydrogen) atoms. The fourth-order valence-corrected chi connectivity index (χ4v) is 1.59. The van der Waals surface area contributed by atoms with E-state index < -0.39 is 0 Å². The van der Waals surface area contributed by atoms with Crippen LogP contribution in [0.5, 0.6) is 0 Å². The molecule has 2 aromatic rings. The summed E-state index contributed by atoms with van der Waals surface area (Å²) in [6.07, 6.45) is 0. The molecule has 1 heterocycles. The van der Waals surface area contributed by atoms with Gasteiger partial charge in [0.25, 0.3) is 0 Å². The first-order valence-electron chi connectivity index (χ1n) is 5.74. The molecule has 0 amide bonds. The molecule has 0 aliphatic rings. The van der Waals surface area contributed by atoms with Crippen LogP contribution in [0, 0.1) is 13.8 Å². The lowest BCUT2D eigenvalue weighted by Crippen LogP contribution is -2.15. The van der Waals surface area contributed by atoms with E-state index in [9.17, 15) is 0 Å². The molecule has 0 atom stereocenters. The van der Waals surface area contributed by atoms with E-state index in [1.54, 1.807) is 0 Å². The molecule has 0 spiro atoms. The minimum Gasteiger partial charge on any atom is -0.368 e. The lowest BCUT2D eigenvalue weighted by Gasteiger charge is -2.12. The van der Waals surface area contributed by atoms with Crippen LogP contribution >= 0.6 is 0 Å². The number of benzene rings is 1. The van der Waals surface area contributed by atoms with Gasteiger partial charge in [-0.2, -0.15) is 15.0 Å². The van der Waals surface area contributed by atoms with Gasteiger partial charge in [0.2, 0.25) is 11.9 Å². The van der Waals surface area contributed by atoms with E-state index in [0.29, 0.717) is 11.8 Å². The lowest BCUT2D eigenvalue weighted by molar-refractivity contribution is 0.970. The highest BCUT2D eigenvalue weighted by Gasteiger charge is 2.08. The SMILES string of the molecule is Cc1ccc(-c2nc(N)nc(N(C)C)n2)cc1C. The van der Waals surface area contributed by atoms with Crippen molar-refractivity contribution >= 4 is 11.9 Å². The van der Waals surface area contributed by atoms with Crippen LogP contribution in [0.2, 0.25) is 0 Å². The lowest BCUT2D eigenvalue weighted by atomic mass is 10.1. The van der Waals surface area contributed by atoms with E-state index in [0.717, 1.165) is 5.56 Å². The zero-order valence-electron chi connectivity index (χ0n) is 11.1. The average Bonchev–Trinajstić information content (AvgIpc) is 2.31. The normalized spacial score (nSPS) is 10.4. The van der Waals surface area contributed by atoms with E-state index in [1.165, 1.54) is 11.1 Å². The van der Waals surface area contributed by atoms with E-state index in [2.05, 4.69) is 40.9 Å². The summed E-state index contributed by atoms with van der Waals surface area (Å²) >= 11 is 0. The Morgan fingerprint density at radius 2 is 1.72 bits per heavy atom. The van der Waals surface area contributed by atoms with E-state index in [-0.39, 0.29) is 5.95 Å². The first-order chi connectivity index (χ1) is 8.47. The molecule has 2 N–H and O–H groups in total. The molecule has 5 heteroatoms. The van der Waals surface area contributed by atoms with Crippen molar-refractivity contribution in [2.45, 2.75) is 13.8 Å². The van der Waals surface area contributed by atoms with Crippen LogP contribution in [-0.2, 0) is 0 Å². The molecular weight excluding hydrogens is 226 g/mol. The van der Waals surface area contributed by atoms with Crippen molar-refractivity contribution < 1.29 is 0 Å². The third-order valence-corrected chi connectivity index (χ3v) is 2.81. The van der Waals surface area contributed by atoms with Crippen LogP contribution < -0.4 is 10.6 Å². The molecular formula is C13H17N5. The molecule has 2 rings (SSSR count). The summed E-state index contributed by atoms with van der Waals surface area (Å²) in [5, 5.41) is 0. The predicted octanol–water partition coefficient (Wildman–Crippen LogP) is 1.80. The highest BCUT2D eigenvalue weighted by molar-refractivity contribution is 5.59. The van der Waals surface area contributed by atoms with Gasteiger partial charge in [-0.3, -0.25) is 0 Å². The topological polar surface area (TPSA) is 67.9 Å². The maximum Gasteiger partial charge on any atom is 0.230 e. The van der Waals surface area contributed by atoms with E-state index in [4.69, 9.17) is 5.73 Å². The van der Waals surface area contributed by atoms with Gasteiger partial charge in [-0.25, -0.2) is 0 Å². The Labute approximate surface area is 107 Å². The average molecular weight is 243 g/mol. The van der Waals surface area contributed by atoms with Crippen LogP contribution in [0.25, 0.3) is 11.4 Å². The minimum atomic E-state index is 0.238. The Hall–Kier alpha value is -2.17. The molecule has 5 nitrogen and oxygen atoms in total. The second-order valence-corrected chi connectivity index (χ2v) is 4.51. The summed E-state index contributed by atoms with van der Waals surface area (Å²) in [7, 11) is 3.75. The Kier molecular flexibility index (Phi) is 3.14. The number of nitrogens with zero attached hydrogens (tertiary/aromatic N) is 4. The van der Waals surface area contributed by atoms with Crippen LogP contribution in [0.1, 0.15) is 11.1 Å². The van der Waals surface area contributed by atoms with Crippen LogP contribution in [0.3, 0.4) is 0 Å². The first-order valence-corrected chi connectivity index (χ1v) is 5.74. The van der Waals surface area contributed by atoms with Gasteiger partial charge >= 0.3 is 0 Å². The molecule has 0 fully saturated rings. The molecule has 1 aromatic heterocycles. The molecule has 94 valence electrons. The number of hydrogen-bond acceptors (Lipinski definition) is 5. The quantitative estimate of drug-likeness (QED) is 0.871. The van der Waals surface area contributed by atoms with Crippen LogP contribution in [-0.4, -0.2) is 29.0 Å². The molecule has 0 saturated heterocycles. The van der Waals surface area contributed by atoms with Gasteiger partial charge in [-0.15, -0.1) is 0 Å². The van der Waals surface area contributed by atoms with Crippen molar-refractivity contribution in [3.8, 4) is 11.4 Å². The number of hydrogen-bond donors (Lipinski definition) is 1. The Morgan fingerprint density at radius 3 is 2.33 bits per heavy atom. The Morgan fingerprint density at radius 1 is 1.00 bits per heavy atom. The highest BCUT2D eigenvalue weighted by atomic mass is 15.3. The van der Waals surface area contributed by atoms with Crippen molar-refractivity contribution in [1.29, 1.82) is 0 Å². The minimum absolute atomic E-state index is 0.238. The molecule has 1 aromatic carbocycles. The zero-order valence-corrected chi connectivity index (χ0v) is 11.1. The van der Waals surface area contributed by atoms with Gasteiger partial charge in [0.15, 0.2) is 5.82 Å². The number of anilines is 2. The third-order valence-electron chi connectivity index (χ3n) is 2.81. The molecule has 0 aliphatic carbocycles. The maximum atomic E-state index is 5.71. The second-order valence-electron chi connectivity index (χ2n) is 4.51. The molecule has 0 radical (unpaired) electrons. The van der Waals surface area contributed by atoms with Crippen molar-refractivity contribution in [3.05, 3.63) is 29.3 Å². The van der Waals surface area contributed by atoms with Crippen LogP contribution in [0.4, 0.5) is 11.9 Å². The number of aryl methyl sites for hydroxylation is 2. The largest absolute Gasteiger partial charge is 0.368 e. The fraction of sp³-hybridized carbons (Fsp3) is 0.308. The summed E-state index contributed by atoms with van der Waals surface area (Å²) in [4.78, 5) is 14.5. The van der Waals surface area contributed by atoms with E-state index in [1.807, 2.05) is 25.1 Å². The molecule has 0 bridgehead atoms. The van der Waals surface area contributed by atoms with Gasteiger partial charge in [0, 0.05) is 19.7 Å². The van der Waals surface area contributed by atoms with Gasteiger partial charge in [0.1, 0.15) is 0 Å². The summed E-state index contributed by atoms with van der Waals surface area (Å²) in [6.45, 7) is 4.14. The van der Waals surface area contributed by atoms with Crippen LogP contribution in [0.15, 0.2) is 18.2 Å². The molecule has 0 aliphatic heterocycles. The van der Waals surface area contributed by atoms with Crippen molar-refractivity contribution in [2.75, 3.05) is 24.7 Å². The van der Waals surface area contributed by atoms with E-state index >= 15 is 0 Å². The standard InChI is InChI=1S/C13H17N5/c1-8-5-6-10(7-9(8)2)11-15-12(14)17-13(16-11)18(3)4/h5-7H,1-4H3,(H2,14,15,16,17). The maximum absolute atomic E-state index is 5.71.